The van der Waals surface area contributed by atoms with Gasteiger partial charge in [-0.3, -0.25) is 4.90 Å². The fourth-order valence-corrected chi connectivity index (χ4v) is 2.00. The van der Waals surface area contributed by atoms with E-state index in [0.717, 1.165) is 56.5 Å². The highest BCUT2D eigenvalue weighted by atomic mass is 16.5. The van der Waals surface area contributed by atoms with Crippen molar-refractivity contribution in [2.24, 2.45) is 0 Å². The van der Waals surface area contributed by atoms with Gasteiger partial charge in [0.1, 0.15) is 5.75 Å². The summed E-state index contributed by atoms with van der Waals surface area (Å²) in [6.45, 7) is 5.60. The van der Waals surface area contributed by atoms with Gasteiger partial charge in [-0.1, -0.05) is 0 Å². The number of anilines is 2. The minimum absolute atomic E-state index is 0.719. The lowest BCUT2D eigenvalue weighted by molar-refractivity contribution is 0.0398. The second-order valence-corrected chi connectivity index (χ2v) is 4.33. The molecule has 0 unspecified atom stereocenters. The van der Waals surface area contributed by atoms with Gasteiger partial charge in [0.2, 0.25) is 0 Å². The maximum atomic E-state index is 5.94. The number of nitrogen functional groups attached to an aromatic ring is 1. The molecule has 0 bridgehead atoms. The Balaban J connectivity index is 1.79. The molecular weight excluding hydrogens is 230 g/mol. The van der Waals surface area contributed by atoms with Gasteiger partial charge in [-0.25, -0.2) is 0 Å². The maximum absolute atomic E-state index is 5.94. The fourth-order valence-electron chi connectivity index (χ4n) is 2.00. The third kappa shape index (κ3) is 3.51. The molecule has 1 aliphatic heterocycles. The lowest BCUT2D eigenvalue weighted by atomic mass is 10.2. The van der Waals surface area contributed by atoms with Crippen molar-refractivity contribution >= 4 is 11.4 Å². The van der Waals surface area contributed by atoms with Crippen molar-refractivity contribution < 1.29 is 9.47 Å². The summed E-state index contributed by atoms with van der Waals surface area (Å²) < 4.78 is 10.4. The van der Waals surface area contributed by atoms with Crippen molar-refractivity contribution in [1.82, 2.24) is 4.90 Å². The Morgan fingerprint density at radius 3 is 2.83 bits per heavy atom. The molecule has 5 nitrogen and oxygen atoms in total. The molecule has 0 amide bonds. The molecule has 0 aliphatic carbocycles. The molecule has 1 fully saturated rings. The number of nitrogens with two attached hydrogens (primary N) is 1. The zero-order valence-electron chi connectivity index (χ0n) is 10.8. The molecule has 0 atom stereocenters. The van der Waals surface area contributed by atoms with E-state index in [4.69, 9.17) is 15.2 Å². The number of hydrogen-bond donors (Lipinski definition) is 2. The third-order valence-electron chi connectivity index (χ3n) is 3.11. The average Bonchev–Trinajstić information content (AvgIpc) is 2.42. The number of nitrogens with zero attached hydrogens (tertiary/aromatic N) is 1. The highest BCUT2D eigenvalue weighted by Gasteiger charge is 2.09. The fraction of sp³-hybridized carbons (Fsp3) is 0.538. The van der Waals surface area contributed by atoms with Crippen LogP contribution < -0.4 is 15.8 Å². The van der Waals surface area contributed by atoms with Crippen molar-refractivity contribution in [2.45, 2.75) is 0 Å². The van der Waals surface area contributed by atoms with Gasteiger partial charge < -0.3 is 20.5 Å². The number of morpholine rings is 1. The van der Waals surface area contributed by atoms with E-state index in [-0.39, 0.29) is 0 Å². The van der Waals surface area contributed by atoms with Crippen LogP contribution in [-0.2, 0) is 4.74 Å². The molecule has 0 radical (unpaired) electrons. The molecule has 1 aliphatic rings. The number of hydrogen-bond acceptors (Lipinski definition) is 5. The Morgan fingerprint density at radius 2 is 2.17 bits per heavy atom. The van der Waals surface area contributed by atoms with Crippen LogP contribution in [-0.4, -0.2) is 51.4 Å². The molecule has 3 N–H and O–H groups in total. The molecular formula is C13H21N3O2. The lowest BCUT2D eigenvalue weighted by Crippen LogP contribution is -2.39. The van der Waals surface area contributed by atoms with Crippen LogP contribution in [0.1, 0.15) is 0 Å². The van der Waals surface area contributed by atoms with Gasteiger partial charge in [0, 0.05) is 32.2 Å². The summed E-state index contributed by atoms with van der Waals surface area (Å²) in [6, 6.07) is 5.69. The SMILES string of the molecule is COc1ccc(NCCN2CCOCC2)c(N)c1. The molecule has 18 heavy (non-hydrogen) atoms. The van der Waals surface area contributed by atoms with E-state index in [1.54, 1.807) is 7.11 Å². The van der Waals surface area contributed by atoms with Crippen molar-refractivity contribution in [2.75, 3.05) is 57.6 Å². The summed E-state index contributed by atoms with van der Waals surface area (Å²) in [7, 11) is 1.64. The summed E-state index contributed by atoms with van der Waals surface area (Å²) in [5.41, 5.74) is 7.62. The van der Waals surface area contributed by atoms with Gasteiger partial charge >= 0.3 is 0 Å². The predicted octanol–water partition coefficient (Wildman–Crippen LogP) is 1.02. The van der Waals surface area contributed by atoms with E-state index in [1.165, 1.54) is 0 Å². The minimum Gasteiger partial charge on any atom is -0.497 e. The molecule has 0 aromatic heterocycles. The van der Waals surface area contributed by atoms with E-state index < -0.39 is 0 Å². The van der Waals surface area contributed by atoms with Crippen molar-refractivity contribution in [3.63, 3.8) is 0 Å². The largest absolute Gasteiger partial charge is 0.497 e. The van der Waals surface area contributed by atoms with Crippen LogP contribution >= 0.6 is 0 Å². The Bertz CT molecular complexity index is 378. The highest BCUT2D eigenvalue weighted by Crippen LogP contribution is 2.23. The predicted molar refractivity (Wildman–Crippen MR) is 73.2 cm³/mol. The molecule has 5 heteroatoms. The number of rotatable bonds is 5. The van der Waals surface area contributed by atoms with Crippen molar-refractivity contribution in [3.8, 4) is 5.75 Å². The van der Waals surface area contributed by atoms with E-state index in [0.29, 0.717) is 0 Å². The molecule has 1 heterocycles. The van der Waals surface area contributed by atoms with Gasteiger partial charge in [-0.15, -0.1) is 0 Å². The van der Waals surface area contributed by atoms with Gasteiger partial charge in [0.05, 0.1) is 31.7 Å². The molecule has 1 aromatic rings. The number of ether oxygens (including phenoxy) is 2. The van der Waals surface area contributed by atoms with Crippen molar-refractivity contribution in [1.29, 1.82) is 0 Å². The second kappa shape index (κ2) is 6.47. The Hall–Kier alpha value is -1.46. The van der Waals surface area contributed by atoms with Crippen LogP contribution in [0.4, 0.5) is 11.4 Å². The van der Waals surface area contributed by atoms with Crippen LogP contribution in [0.25, 0.3) is 0 Å². The van der Waals surface area contributed by atoms with E-state index >= 15 is 0 Å². The smallest absolute Gasteiger partial charge is 0.121 e. The summed E-state index contributed by atoms with van der Waals surface area (Å²) in [5.74, 6) is 0.784. The minimum atomic E-state index is 0.719. The standard InChI is InChI=1S/C13H21N3O2/c1-17-11-2-3-13(12(14)10-11)15-4-5-16-6-8-18-9-7-16/h2-3,10,15H,4-9,14H2,1H3. The van der Waals surface area contributed by atoms with Crippen LogP contribution in [0.5, 0.6) is 5.75 Å². The van der Waals surface area contributed by atoms with Crippen molar-refractivity contribution in [3.05, 3.63) is 18.2 Å². The Kier molecular flexibility index (Phi) is 4.66. The first-order chi connectivity index (χ1) is 8.79. The second-order valence-electron chi connectivity index (χ2n) is 4.33. The van der Waals surface area contributed by atoms with Gasteiger partial charge in [0.15, 0.2) is 0 Å². The number of nitrogens with one attached hydrogen (secondary N) is 1. The van der Waals surface area contributed by atoms with Crippen LogP contribution in [0.2, 0.25) is 0 Å². The molecule has 1 saturated heterocycles. The monoisotopic (exact) mass is 251 g/mol. The Labute approximate surface area is 108 Å². The first-order valence-corrected chi connectivity index (χ1v) is 6.27. The summed E-state index contributed by atoms with van der Waals surface area (Å²) >= 11 is 0. The zero-order chi connectivity index (χ0) is 12.8. The normalized spacial score (nSPS) is 16.5. The quantitative estimate of drug-likeness (QED) is 0.765. The van der Waals surface area contributed by atoms with Gasteiger partial charge in [-0.2, -0.15) is 0 Å². The third-order valence-corrected chi connectivity index (χ3v) is 3.11. The van der Waals surface area contributed by atoms with E-state index in [9.17, 15) is 0 Å². The van der Waals surface area contributed by atoms with E-state index in [2.05, 4.69) is 10.2 Å². The molecule has 100 valence electrons. The number of methoxy groups -OCH3 is 1. The topological polar surface area (TPSA) is 59.8 Å². The summed E-state index contributed by atoms with van der Waals surface area (Å²) in [4.78, 5) is 2.39. The molecule has 2 rings (SSSR count). The summed E-state index contributed by atoms with van der Waals surface area (Å²) in [5, 5.41) is 3.35. The molecule has 1 aromatic carbocycles. The van der Waals surface area contributed by atoms with Gasteiger partial charge in [0.25, 0.3) is 0 Å². The zero-order valence-corrected chi connectivity index (χ0v) is 10.8. The maximum Gasteiger partial charge on any atom is 0.121 e. The van der Waals surface area contributed by atoms with Gasteiger partial charge in [-0.05, 0) is 12.1 Å². The van der Waals surface area contributed by atoms with Crippen LogP contribution in [0.3, 0.4) is 0 Å². The summed E-state index contributed by atoms with van der Waals surface area (Å²) in [6.07, 6.45) is 0. The number of benzene rings is 1. The average molecular weight is 251 g/mol. The molecule has 0 saturated carbocycles. The highest BCUT2D eigenvalue weighted by molar-refractivity contribution is 5.68. The van der Waals surface area contributed by atoms with Crippen LogP contribution in [0.15, 0.2) is 18.2 Å². The van der Waals surface area contributed by atoms with Crippen LogP contribution in [0, 0.1) is 0 Å². The lowest BCUT2D eigenvalue weighted by Gasteiger charge is -2.26. The first-order valence-electron chi connectivity index (χ1n) is 6.27. The molecule has 0 spiro atoms. The first kappa shape index (κ1) is 13.0. The Morgan fingerprint density at radius 1 is 1.39 bits per heavy atom. The van der Waals surface area contributed by atoms with E-state index in [1.807, 2.05) is 18.2 Å².